The number of carbonyl (C=O) groups excluding carboxylic acids is 1. The molecule has 0 radical (unpaired) electrons. The van der Waals surface area contributed by atoms with Crippen molar-refractivity contribution < 1.29 is 9.53 Å². The van der Waals surface area contributed by atoms with Gasteiger partial charge in [0.05, 0.1) is 7.11 Å². The van der Waals surface area contributed by atoms with E-state index in [2.05, 4.69) is 12.6 Å². The maximum absolute atomic E-state index is 10.9. The highest BCUT2D eigenvalue weighted by molar-refractivity contribution is 7.96. The second kappa shape index (κ2) is 5.28. The van der Waals surface area contributed by atoms with Gasteiger partial charge in [-0.3, -0.25) is 4.79 Å². The Labute approximate surface area is 99.4 Å². The van der Waals surface area contributed by atoms with Crippen LogP contribution in [0.3, 0.4) is 0 Å². The summed E-state index contributed by atoms with van der Waals surface area (Å²) in [7, 11) is 3.24. The first-order valence-corrected chi connectivity index (χ1v) is 5.13. The standard InChI is InChI=1S/C10H12ClNO2S/c1-12(10(13)15)6-7-3-4-8(14-2)5-9(7)11/h3-5H,6H2,1-2H3,(H,13,15). The van der Waals surface area contributed by atoms with Gasteiger partial charge in [0.1, 0.15) is 5.75 Å². The molecule has 0 heterocycles. The minimum atomic E-state index is -0.290. The molecule has 0 bridgehead atoms. The van der Waals surface area contributed by atoms with Gasteiger partial charge in [0.25, 0.3) is 5.24 Å². The molecule has 0 aliphatic carbocycles. The molecule has 0 aromatic heterocycles. The predicted octanol–water partition coefficient (Wildman–Crippen LogP) is 2.83. The smallest absolute Gasteiger partial charge is 0.278 e. The summed E-state index contributed by atoms with van der Waals surface area (Å²) >= 11 is 9.73. The summed E-state index contributed by atoms with van der Waals surface area (Å²) in [5, 5.41) is 0.290. The lowest BCUT2D eigenvalue weighted by Crippen LogP contribution is -2.20. The lowest BCUT2D eigenvalue weighted by atomic mass is 10.2. The molecule has 0 spiro atoms. The summed E-state index contributed by atoms with van der Waals surface area (Å²) in [5.41, 5.74) is 0.863. The van der Waals surface area contributed by atoms with E-state index in [1.807, 2.05) is 6.07 Å². The number of methoxy groups -OCH3 is 1. The van der Waals surface area contributed by atoms with Gasteiger partial charge in [0.2, 0.25) is 0 Å². The van der Waals surface area contributed by atoms with Crippen LogP contribution in [0, 0.1) is 0 Å². The molecule has 0 saturated carbocycles. The molecule has 1 amide bonds. The number of nitrogens with zero attached hydrogens (tertiary/aromatic N) is 1. The number of benzene rings is 1. The van der Waals surface area contributed by atoms with Crippen LogP contribution in [0.2, 0.25) is 5.02 Å². The minimum Gasteiger partial charge on any atom is -0.497 e. The van der Waals surface area contributed by atoms with Crippen LogP contribution in [0.1, 0.15) is 5.56 Å². The van der Waals surface area contributed by atoms with Gasteiger partial charge in [-0.05, 0) is 17.7 Å². The molecule has 0 aliphatic heterocycles. The van der Waals surface area contributed by atoms with Crippen molar-refractivity contribution in [3.05, 3.63) is 28.8 Å². The Bertz CT molecular complexity index is 370. The molecule has 1 rings (SSSR count). The number of thiol groups is 1. The van der Waals surface area contributed by atoms with Crippen molar-refractivity contribution >= 4 is 29.5 Å². The average Bonchev–Trinajstić information content (AvgIpc) is 2.20. The monoisotopic (exact) mass is 245 g/mol. The van der Waals surface area contributed by atoms with E-state index in [1.165, 1.54) is 4.90 Å². The first-order valence-electron chi connectivity index (χ1n) is 4.31. The van der Waals surface area contributed by atoms with Crippen LogP contribution in [-0.4, -0.2) is 24.3 Å². The van der Waals surface area contributed by atoms with Gasteiger partial charge in [-0.1, -0.05) is 30.3 Å². The number of amides is 1. The predicted molar refractivity (Wildman–Crippen MR) is 63.9 cm³/mol. The molecular formula is C10H12ClNO2S. The summed E-state index contributed by atoms with van der Waals surface area (Å²) in [6.45, 7) is 0.436. The van der Waals surface area contributed by atoms with Crippen LogP contribution in [0.15, 0.2) is 18.2 Å². The molecule has 1 aromatic rings. The van der Waals surface area contributed by atoms with Crippen LogP contribution in [0.5, 0.6) is 5.75 Å². The van der Waals surface area contributed by atoms with E-state index in [9.17, 15) is 4.79 Å². The molecule has 0 fully saturated rings. The Morgan fingerprint density at radius 1 is 1.60 bits per heavy atom. The molecule has 0 atom stereocenters. The number of hydrogen-bond donors (Lipinski definition) is 1. The second-order valence-corrected chi connectivity index (χ2v) is 3.89. The number of ether oxygens (including phenoxy) is 1. The van der Waals surface area contributed by atoms with Crippen molar-refractivity contribution in [3.8, 4) is 5.75 Å². The largest absolute Gasteiger partial charge is 0.497 e. The Balaban J connectivity index is 2.82. The van der Waals surface area contributed by atoms with Gasteiger partial charge >= 0.3 is 0 Å². The fraction of sp³-hybridized carbons (Fsp3) is 0.300. The highest BCUT2D eigenvalue weighted by atomic mass is 35.5. The van der Waals surface area contributed by atoms with E-state index < -0.39 is 0 Å². The van der Waals surface area contributed by atoms with Gasteiger partial charge in [-0.25, -0.2) is 0 Å². The molecule has 15 heavy (non-hydrogen) atoms. The van der Waals surface area contributed by atoms with Gasteiger partial charge < -0.3 is 9.64 Å². The van der Waals surface area contributed by atoms with Crippen LogP contribution in [-0.2, 0) is 6.54 Å². The lowest BCUT2D eigenvalue weighted by Gasteiger charge is -2.15. The third-order valence-corrected chi connectivity index (χ3v) is 2.69. The quantitative estimate of drug-likeness (QED) is 0.830. The first-order chi connectivity index (χ1) is 7.04. The molecule has 0 aliphatic rings. The number of halogens is 1. The third kappa shape index (κ3) is 3.32. The Morgan fingerprint density at radius 2 is 2.27 bits per heavy atom. The maximum Gasteiger partial charge on any atom is 0.278 e. The molecule has 3 nitrogen and oxygen atoms in total. The molecule has 0 N–H and O–H groups in total. The molecule has 0 saturated heterocycles. The van der Waals surface area contributed by atoms with E-state index in [4.69, 9.17) is 16.3 Å². The second-order valence-electron chi connectivity index (χ2n) is 3.10. The van der Waals surface area contributed by atoms with E-state index >= 15 is 0 Å². The first kappa shape index (κ1) is 12.2. The molecule has 1 aromatic carbocycles. The lowest BCUT2D eigenvalue weighted by molar-refractivity contribution is 0.232. The van der Waals surface area contributed by atoms with Crippen molar-refractivity contribution in [2.24, 2.45) is 0 Å². The molecule has 5 heteroatoms. The zero-order valence-electron chi connectivity index (χ0n) is 8.53. The van der Waals surface area contributed by atoms with E-state index in [0.717, 1.165) is 5.56 Å². The van der Waals surface area contributed by atoms with Gasteiger partial charge in [0.15, 0.2) is 0 Å². The highest BCUT2D eigenvalue weighted by Crippen LogP contribution is 2.23. The number of rotatable bonds is 3. The topological polar surface area (TPSA) is 29.5 Å². The van der Waals surface area contributed by atoms with Crippen LogP contribution < -0.4 is 4.74 Å². The summed E-state index contributed by atoms with van der Waals surface area (Å²) < 4.78 is 5.02. The third-order valence-electron chi connectivity index (χ3n) is 1.99. The van der Waals surface area contributed by atoms with E-state index in [-0.39, 0.29) is 5.24 Å². The van der Waals surface area contributed by atoms with Gasteiger partial charge in [-0.15, -0.1) is 0 Å². The van der Waals surface area contributed by atoms with Crippen molar-refractivity contribution in [2.45, 2.75) is 6.54 Å². The summed E-state index contributed by atoms with van der Waals surface area (Å²) in [6.07, 6.45) is 0. The van der Waals surface area contributed by atoms with Crippen LogP contribution >= 0.6 is 24.2 Å². The Kier molecular flexibility index (Phi) is 4.29. The molecular weight excluding hydrogens is 234 g/mol. The van der Waals surface area contributed by atoms with Crippen molar-refractivity contribution in [2.75, 3.05) is 14.2 Å². The minimum absolute atomic E-state index is 0.290. The van der Waals surface area contributed by atoms with Crippen molar-refractivity contribution in [1.82, 2.24) is 4.90 Å². The van der Waals surface area contributed by atoms with Gasteiger partial charge in [0, 0.05) is 18.6 Å². The summed E-state index contributed by atoms with van der Waals surface area (Å²) in [5.74, 6) is 0.698. The van der Waals surface area contributed by atoms with Crippen molar-refractivity contribution in [3.63, 3.8) is 0 Å². The summed E-state index contributed by atoms with van der Waals surface area (Å²) in [6, 6.07) is 5.35. The molecule has 82 valence electrons. The van der Waals surface area contributed by atoms with Gasteiger partial charge in [-0.2, -0.15) is 0 Å². The normalized spacial score (nSPS) is 9.87. The number of hydrogen-bond acceptors (Lipinski definition) is 2. The SMILES string of the molecule is COc1ccc(CN(C)C(=O)S)c(Cl)c1. The average molecular weight is 246 g/mol. The Hall–Kier alpha value is -0.870. The maximum atomic E-state index is 10.9. The van der Waals surface area contributed by atoms with E-state index in [0.29, 0.717) is 17.3 Å². The zero-order chi connectivity index (χ0) is 11.4. The number of carbonyl (C=O) groups is 1. The van der Waals surface area contributed by atoms with E-state index in [1.54, 1.807) is 26.3 Å². The molecule has 0 unspecified atom stereocenters. The fourth-order valence-corrected chi connectivity index (χ4v) is 1.41. The van der Waals surface area contributed by atoms with Crippen LogP contribution in [0.25, 0.3) is 0 Å². The summed E-state index contributed by atoms with van der Waals surface area (Å²) in [4.78, 5) is 12.4. The van der Waals surface area contributed by atoms with Crippen molar-refractivity contribution in [1.29, 1.82) is 0 Å². The zero-order valence-corrected chi connectivity index (χ0v) is 10.2. The van der Waals surface area contributed by atoms with Crippen LogP contribution in [0.4, 0.5) is 4.79 Å². The Morgan fingerprint density at radius 3 is 2.73 bits per heavy atom. The highest BCUT2D eigenvalue weighted by Gasteiger charge is 2.08. The fourth-order valence-electron chi connectivity index (χ4n) is 1.11.